The number of hydrogen-bond donors (Lipinski definition) is 8. The van der Waals surface area contributed by atoms with E-state index in [0.717, 1.165) is 0 Å². The standard InChI is InChI=1S/C18H24N4O9/c19-11(5-9-1-3-10(24)4-2-9)16(29)21-12(6-14(25)26)18(31)22-13(8-23)17(30)20-7-15(27)28/h1-4,11-13,23-24H,5-8,19H2,(H,20,30)(H,21,29)(H,22,31)(H,25,26)(H,27,28). The van der Waals surface area contributed by atoms with Gasteiger partial charge in [-0.2, -0.15) is 0 Å². The molecule has 0 aromatic heterocycles. The van der Waals surface area contributed by atoms with E-state index in [0.29, 0.717) is 5.56 Å². The van der Waals surface area contributed by atoms with Gasteiger partial charge < -0.3 is 42.1 Å². The van der Waals surface area contributed by atoms with Crippen LogP contribution in [0.5, 0.6) is 5.75 Å². The van der Waals surface area contributed by atoms with Crippen LogP contribution in [0.4, 0.5) is 0 Å². The first kappa shape index (κ1) is 25.3. The monoisotopic (exact) mass is 440 g/mol. The third-order valence-electron chi connectivity index (χ3n) is 3.97. The highest BCUT2D eigenvalue weighted by Gasteiger charge is 2.29. The fourth-order valence-electron chi connectivity index (χ4n) is 2.39. The van der Waals surface area contributed by atoms with Gasteiger partial charge in [-0.15, -0.1) is 0 Å². The lowest BCUT2D eigenvalue weighted by atomic mass is 10.0. The number of nitrogens with two attached hydrogens (primary N) is 1. The molecule has 170 valence electrons. The molecule has 3 amide bonds. The predicted molar refractivity (Wildman–Crippen MR) is 104 cm³/mol. The molecule has 0 aliphatic rings. The Balaban J connectivity index is 2.78. The third kappa shape index (κ3) is 9.10. The molecule has 3 unspecified atom stereocenters. The Bertz CT molecular complexity index is 813. The molecule has 0 fully saturated rings. The highest BCUT2D eigenvalue weighted by atomic mass is 16.4. The van der Waals surface area contributed by atoms with Gasteiger partial charge in [0.2, 0.25) is 17.7 Å². The quantitative estimate of drug-likeness (QED) is 0.163. The van der Waals surface area contributed by atoms with Crippen molar-refractivity contribution >= 4 is 29.7 Å². The summed E-state index contributed by atoms with van der Waals surface area (Å²) < 4.78 is 0. The second-order valence-corrected chi connectivity index (χ2v) is 6.49. The van der Waals surface area contributed by atoms with Crippen LogP contribution in [0.25, 0.3) is 0 Å². The number of hydrogen-bond acceptors (Lipinski definition) is 8. The molecule has 3 atom stereocenters. The van der Waals surface area contributed by atoms with Crippen LogP contribution in [0.15, 0.2) is 24.3 Å². The van der Waals surface area contributed by atoms with E-state index in [1.165, 1.54) is 24.3 Å². The molecule has 9 N–H and O–H groups in total. The van der Waals surface area contributed by atoms with Gasteiger partial charge in [0.05, 0.1) is 19.1 Å². The van der Waals surface area contributed by atoms with Crippen molar-refractivity contribution in [3.63, 3.8) is 0 Å². The van der Waals surface area contributed by atoms with Crippen molar-refractivity contribution in [3.8, 4) is 5.75 Å². The van der Waals surface area contributed by atoms with Gasteiger partial charge in [-0.25, -0.2) is 0 Å². The maximum Gasteiger partial charge on any atom is 0.322 e. The number of carboxylic acids is 2. The largest absolute Gasteiger partial charge is 0.508 e. The summed E-state index contributed by atoms with van der Waals surface area (Å²) in [5.74, 6) is -5.70. The van der Waals surface area contributed by atoms with Gasteiger partial charge in [0.1, 0.15) is 24.4 Å². The molecular weight excluding hydrogens is 416 g/mol. The molecule has 0 heterocycles. The van der Waals surface area contributed by atoms with Crippen molar-refractivity contribution in [3.05, 3.63) is 29.8 Å². The van der Waals surface area contributed by atoms with Crippen molar-refractivity contribution < 1.29 is 44.4 Å². The van der Waals surface area contributed by atoms with Gasteiger partial charge in [-0.1, -0.05) is 12.1 Å². The number of phenols is 1. The zero-order valence-corrected chi connectivity index (χ0v) is 16.3. The summed E-state index contributed by atoms with van der Waals surface area (Å²) >= 11 is 0. The molecule has 0 aliphatic carbocycles. The second kappa shape index (κ2) is 12.1. The van der Waals surface area contributed by atoms with Gasteiger partial charge in [-0.3, -0.25) is 24.0 Å². The van der Waals surface area contributed by atoms with E-state index in [-0.39, 0.29) is 12.2 Å². The lowest BCUT2D eigenvalue weighted by Gasteiger charge is -2.22. The molecule has 13 heteroatoms. The molecule has 13 nitrogen and oxygen atoms in total. The summed E-state index contributed by atoms with van der Waals surface area (Å²) in [6.45, 7) is -1.65. The topological polar surface area (TPSA) is 228 Å². The van der Waals surface area contributed by atoms with E-state index in [1.54, 1.807) is 0 Å². The van der Waals surface area contributed by atoms with Crippen LogP contribution >= 0.6 is 0 Å². The Hall–Kier alpha value is -3.71. The van der Waals surface area contributed by atoms with Crippen molar-refractivity contribution in [2.45, 2.75) is 31.0 Å². The van der Waals surface area contributed by atoms with Crippen LogP contribution in [-0.4, -0.2) is 81.4 Å². The van der Waals surface area contributed by atoms with Gasteiger partial charge in [0.15, 0.2) is 0 Å². The number of rotatable bonds is 12. The van der Waals surface area contributed by atoms with E-state index in [2.05, 4.69) is 10.6 Å². The number of nitrogens with one attached hydrogen (secondary N) is 3. The van der Waals surface area contributed by atoms with Crippen molar-refractivity contribution in [2.24, 2.45) is 5.73 Å². The summed E-state index contributed by atoms with van der Waals surface area (Å²) in [4.78, 5) is 58.1. The molecule has 0 spiro atoms. The molecule has 1 aromatic carbocycles. The van der Waals surface area contributed by atoms with Crippen LogP contribution in [-0.2, 0) is 30.4 Å². The number of aliphatic hydroxyl groups is 1. The van der Waals surface area contributed by atoms with E-state index >= 15 is 0 Å². The Morgan fingerprint density at radius 2 is 1.45 bits per heavy atom. The molecular formula is C18H24N4O9. The van der Waals surface area contributed by atoms with Crippen LogP contribution < -0.4 is 21.7 Å². The Morgan fingerprint density at radius 3 is 1.97 bits per heavy atom. The Labute approximate surface area is 176 Å². The van der Waals surface area contributed by atoms with Gasteiger partial charge in [-0.05, 0) is 24.1 Å². The number of aliphatic hydroxyl groups excluding tert-OH is 1. The van der Waals surface area contributed by atoms with Crippen LogP contribution in [0, 0.1) is 0 Å². The molecule has 1 aromatic rings. The van der Waals surface area contributed by atoms with E-state index in [4.69, 9.17) is 15.9 Å². The Morgan fingerprint density at radius 1 is 0.871 bits per heavy atom. The summed E-state index contributed by atoms with van der Waals surface area (Å²) in [7, 11) is 0. The van der Waals surface area contributed by atoms with Crippen LogP contribution in [0.1, 0.15) is 12.0 Å². The number of aliphatic carboxylic acids is 2. The first-order valence-electron chi connectivity index (χ1n) is 8.99. The SMILES string of the molecule is NC(Cc1ccc(O)cc1)C(=O)NC(CC(=O)O)C(=O)NC(CO)C(=O)NCC(=O)O. The number of aromatic hydroxyl groups is 1. The minimum atomic E-state index is -1.61. The van der Waals surface area contributed by atoms with Crippen molar-refractivity contribution in [2.75, 3.05) is 13.2 Å². The van der Waals surface area contributed by atoms with Gasteiger partial charge >= 0.3 is 11.9 Å². The maximum atomic E-state index is 12.4. The lowest BCUT2D eigenvalue weighted by Crippen LogP contribution is -2.57. The van der Waals surface area contributed by atoms with Crippen molar-refractivity contribution in [1.29, 1.82) is 0 Å². The number of carbonyl (C=O) groups excluding carboxylic acids is 3. The van der Waals surface area contributed by atoms with E-state index in [1.807, 2.05) is 5.32 Å². The number of amides is 3. The minimum Gasteiger partial charge on any atom is -0.508 e. The summed E-state index contributed by atoms with van der Waals surface area (Å²) in [6, 6.07) is 1.52. The zero-order valence-electron chi connectivity index (χ0n) is 16.3. The fraction of sp³-hybridized carbons (Fsp3) is 0.389. The molecule has 1 rings (SSSR count). The number of phenolic OH excluding ortho intramolecular Hbond substituents is 1. The number of carbonyl (C=O) groups is 5. The molecule has 0 aliphatic heterocycles. The molecule has 0 radical (unpaired) electrons. The summed E-state index contributed by atoms with van der Waals surface area (Å²) in [5, 5.41) is 42.3. The maximum absolute atomic E-state index is 12.4. The number of benzene rings is 1. The summed E-state index contributed by atoms with van der Waals surface area (Å²) in [6.07, 6.45) is -0.803. The normalized spacial score (nSPS) is 13.4. The number of carboxylic acid groups (broad SMARTS) is 2. The predicted octanol–water partition coefficient (Wildman–Crippen LogP) is -3.10. The highest BCUT2D eigenvalue weighted by Crippen LogP contribution is 2.11. The first-order valence-corrected chi connectivity index (χ1v) is 8.99. The van der Waals surface area contributed by atoms with Crippen LogP contribution in [0.2, 0.25) is 0 Å². The third-order valence-corrected chi connectivity index (χ3v) is 3.97. The lowest BCUT2D eigenvalue weighted by molar-refractivity contribution is -0.141. The Kier molecular flexibility index (Phi) is 9.88. The second-order valence-electron chi connectivity index (χ2n) is 6.49. The average molecular weight is 440 g/mol. The minimum absolute atomic E-state index is 0.0193. The average Bonchev–Trinajstić information content (AvgIpc) is 2.70. The smallest absolute Gasteiger partial charge is 0.322 e. The van der Waals surface area contributed by atoms with Crippen LogP contribution in [0.3, 0.4) is 0 Å². The molecule has 0 bridgehead atoms. The van der Waals surface area contributed by atoms with E-state index in [9.17, 15) is 34.2 Å². The highest BCUT2D eigenvalue weighted by molar-refractivity contribution is 5.95. The zero-order chi connectivity index (χ0) is 23.6. The molecule has 0 saturated carbocycles. The first-order chi connectivity index (χ1) is 14.5. The molecule has 31 heavy (non-hydrogen) atoms. The molecule has 0 saturated heterocycles. The van der Waals surface area contributed by atoms with E-state index < -0.39 is 67.4 Å². The van der Waals surface area contributed by atoms with Gasteiger partial charge in [0.25, 0.3) is 0 Å². The van der Waals surface area contributed by atoms with Gasteiger partial charge in [0, 0.05) is 0 Å². The fourth-order valence-corrected chi connectivity index (χ4v) is 2.39. The van der Waals surface area contributed by atoms with Crippen molar-refractivity contribution in [1.82, 2.24) is 16.0 Å². The summed E-state index contributed by atoms with van der Waals surface area (Å²) in [5.41, 5.74) is 6.40.